The van der Waals surface area contributed by atoms with Gasteiger partial charge < -0.3 is 20.1 Å². The van der Waals surface area contributed by atoms with Gasteiger partial charge in [0, 0.05) is 26.2 Å². The molecule has 2 fully saturated rings. The van der Waals surface area contributed by atoms with Gasteiger partial charge in [-0.15, -0.1) is 0 Å². The SMILES string of the molecule is CS(=O)(=O)N1CCN(C(=O)NC2COCC2C(=O)O)CC1. The number of carboxylic acids is 1. The molecule has 0 aromatic heterocycles. The number of carbonyl (C=O) groups is 2. The summed E-state index contributed by atoms with van der Waals surface area (Å²) in [4.78, 5) is 24.6. The number of amides is 2. The third kappa shape index (κ3) is 3.83. The third-order valence-electron chi connectivity index (χ3n) is 3.70. The van der Waals surface area contributed by atoms with Gasteiger partial charge in [-0.25, -0.2) is 13.2 Å². The molecule has 2 unspecified atom stereocenters. The molecule has 0 aromatic carbocycles. The van der Waals surface area contributed by atoms with Crippen LogP contribution in [-0.4, -0.2) is 86.4 Å². The average Bonchev–Trinajstić information content (AvgIpc) is 2.86. The van der Waals surface area contributed by atoms with Crippen LogP contribution in [0.2, 0.25) is 0 Å². The predicted octanol–water partition coefficient (Wildman–Crippen LogP) is -1.63. The number of piperazine rings is 1. The lowest BCUT2D eigenvalue weighted by molar-refractivity contribution is -0.142. The molecule has 2 aliphatic rings. The molecule has 0 aromatic rings. The zero-order valence-electron chi connectivity index (χ0n) is 11.7. The molecule has 0 aliphatic carbocycles. The molecule has 2 rings (SSSR count). The molecule has 2 N–H and O–H groups in total. The van der Waals surface area contributed by atoms with Gasteiger partial charge in [0.05, 0.1) is 25.5 Å². The van der Waals surface area contributed by atoms with Gasteiger partial charge in [0.2, 0.25) is 10.0 Å². The van der Waals surface area contributed by atoms with Crippen LogP contribution in [0.15, 0.2) is 0 Å². The number of hydrogen-bond donors (Lipinski definition) is 2. The molecule has 2 aliphatic heterocycles. The second-order valence-corrected chi connectivity index (χ2v) is 7.17. The number of urea groups is 1. The van der Waals surface area contributed by atoms with Crippen LogP contribution in [0.25, 0.3) is 0 Å². The molecule has 120 valence electrons. The number of rotatable bonds is 3. The van der Waals surface area contributed by atoms with Crippen molar-refractivity contribution >= 4 is 22.0 Å². The number of ether oxygens (including phenoxy) is 1. The summed E-state index contributed by atoms with van der Waals surface area (Å²) in [5.41, 5.74) is 0. The van der Waals surface area contributed by atoms with Gasteiger partial charge >= 0.3 is 12.0 Å². The first-order valence-corrected chi connectivity index (χ1v) is 8.45. The first-order chi connectivity index (χ1) is 9.79. The van der Waals surface area contributed by atoms with Crippen LogP contribution in [0.5, 0.6) is 0 Å². The van der Waals surface area contributed by atoms with E-state index < -0.39 is 28.0 Å². The lowest BCUT2D eigenvalue weighted by Crippen LogP contribution is -2.55. The minimum Gasteiger partial charge on any atom is -0.481 e. The molecule has 9 nitrogen and oxygen atoms in total. The molecule has 0 spiro atoms. The maximum Gasteiger partial charge on any atom is 0.317 e. The van der Waals surface area contributed by atoms with E-state index >= 15 is 0 Å². The summed E-state index contributed by atoms with van der Waals surface area (Å²) in [5, 5.41) is 11.7. The third-order valence-corrected chi connectivity index (χ3v) is 5.00. The van der Waals surface area contributed by atoms with E-state index in [1.165, 1.54) is 9.21 Å². The average molecular weight is 321 g/mol. The standard InChI is InChI=1S/C11H19N3O6S/c1-21(18,19)14-4-2-13(3-5-14)11(17)12-9-7-20-6-8(9)10(15)16/h8-9H,2-7H2,1H3,(H,12,17)(H,15,16). The van der Waals surface area contributed by atoms with Crippen molar-refractivity contribution in [2.75, 3.05) is 45.6 Å². The number of aliphatic carboxylic acids is 1. The first-order valence-electron chi connectivity index (χ1n) is 6.60. The van der Waals surface area contributed by atoms with Crippen LogP contribution in [-0.2, 0) is 19.6 Å². The van der Waals surface area contributed by atoms with E-state index in [-0.39, 0.29) is 45.4 Å². The van der Waals surface area contributed by atoms with Crippen LogP contribution >= 0.6 is 0 Å². The highest BCUT2D eigenvalue weighted by Crippen LogP contribution is 2.15. The Bertz CT molecular complexity index is 514. The number of nitrogens with one attached hydrogen (secondary N) is 1. The Morgan fingerprint density at radius 3 is 2.33 bits per heavy atom. The summed E-state index contributed by atoms with van der Waals surface area (Å²) in [6, 6.07) is -0.937. The fraction of sp³-hybridized carbons (Fsp3) is 0.818. The minimum atomic E-state index is -3.24. The number of nitrogens with zero attached hydrogens (tertiary/aromatic N) is 2. The van der Waals surface area contributed by atoms with E-state index in [2.05, 4.69) is 5.32 Å². The van der Waals surface area contributed by atoms with E-state index in [0.29, 0.717) is 0 Å². The van der Waals surface area contributed by atoms with Crippen LogP contribution in [0, 0.1) is 5.92 Å². The molecular formula is C11H19N3O6S. The zero-order valence-corrected chi connectivity index (χ0v) is 12.5. The van der Waals surface area contributed by atoms with Gasteiger partial charge in [-0.2, -0.15) is 4.31 Å². The lowest BCUT2D eigenvalue weighted by Gasteiger charge is -2.34. The maximum atomic E-state index is 12.1. The molecule has 2 saturated heterocycles. The van der Waals surface area contributed by atoms with E-state index in [9.17, 15) is 18.0 Å². The lowest BCUT2D eigenvalue weighted by atomic mass is 10.0. The number of carboxylic acid groups (broad SMARTS) is 1. The van der Waals surface area contributed by atoms with Crippen LogP contribution in [0.3, 0.4) is 0 Å². The van der Waals surface area contributed by atoms with Gasteiger partial charge in [0.15, 0.2) is 0 Å². The molecule has 2 atom stereocenters. The van der Waals surface area contributed by atoms with Gasteiger partial charge in [0.25, 0.3) is 0 Å². The fourth-order valence-corrected chi connectivity index (χ4v) is 3.24. The summed E-state index contributed by atoms with van der Waals surface area (Å²) in [7, 11) is -3.24. The number of sulfonamides is 1. The Morgan fingerprint density at radius 2 is 1.81 bits per heavy atom. The van der Waals surface area contributed by atoms with Gasteiger partial charge in [0.1, 0.15) is 5.92 Å². The normalized spacial score (nSPS) is 27.6. The minimum absolute atomic E-state index is 0.0855. The second-order valence-electron chi connectivity index (χ2n) is 5.19. The van der Waals surface area contributed by atoms with Gasteiger partial charge in [-0.05, 0) is 0 Å². The summed E-state index contributed by atoms with van der Waals surface area (Å²) in [6.45, 7) is 1.31. The van der Waals surface area contributed by atoms with Crippen molar-refractivity contribution in [3.05, 3.63) is 0 Å². The Hall–Kier alpha value is -1.39. The highest BCUT2D eigenvalue weighted by molar-refractivity contribution is 7.88. The van der Waals surface area contributed by atoms with Crippen molar-refractivity contribution in [3.8, 4) is 0 Å². The maximum absolute atomic E-state index is 12.1. The topological polar surface area (TPSA) is 116 Å². The largest absolute Gasteiger partial charge is 0.481 e. The molecule has 10 heteroatoms. The van der Waals surface area contributed by atoms with Crippen LogP contribution in [0.1, 0.15) is 0 Å². The Labute approximate surface area is 122 Å². The second kappa shape index (κ2) is 6.16. The van der Waals surface area contributed by atoms with Crippen molar-refractivity contribution in [1.29, 1.82) is 0 Å². The molecule has 0 bridgehead atoms. The van der Waals surface area contributed by atoms with Gasteiger partial charge in [-0.3, -0.25) is 4.79 Å². The van der Waals surface area contributed by atoms with Crippen molar-refractivity contribution in [2.45, 2.75) is 6.04 Å². The molecule has 2 heterocycles. The Kier molecular flexibility index (Phi) is 4.69. The van der Waals surface area contributed by atoms with Crippen molar-refractivity contribution in [1.82, 2.24) is 14.5 Å². The quantitative estimate of drug-likeness (QED) is 0.645. The van der Waals surface area contributed by atoms with E-state index in [1.807, 2.05) is 0 Å². The Morgan fingerprint density at radius 1 is 1.19 bits per heavy atom. The molecule has 2 amide bonds. The molecule has 21 heavy (non-hydrogen) atoms. The van der Waals surface area contributed by atoms with Crippen molar-refractivity contribution < 1.29 is 27.9 Å². The first kappa shape index (κ1) is 16.0. The van der Waals surface area contributed by atoms with E-state index in [1.54, 1.807) is 0 Å². The number of hydrogen-bond acceptors (Lipinski definition) is 5. The monoisotopic (exact) mass is 321 g/mol. The summed E-state index contributed by atoms with van der Waals surface area (Å²) in [5.74, 6) is -1.74. The molecule has 0 radical (unpaired) electrons. The van der Waals surface area contributed by atoms with E-state index in [4.69, 9.17) is 9.84 Å². The highest BCUT2D eigenvalue weighted by Gasteiger charge is 2.36. The van der Waals surface area contributed by atoms with Crippen LogP contribution < -0.4 is 5.32 Å². The summed E-state index contributed by atoms with van der Waals surface area (Å²) in [6.07, 6.45) is 1.13. The number of carbonyl (C=O) groups excluding carboxylic acids is 1. The van der Waals surface area contributed by atoms with Crippen LogP contribution in [0.4, 0.5) is 4.79 Å². The molecular weight excluding hydrogens is 302 g/mol. The van der Waals surface area contributed by atoms with E-state index in [0.717, 1.165) is 6.26 Å². The Balaban J connectivity index is 1.87. The van der Waals surface area contributed by atoms with Crippen molar-refractivity contribution in [2.24, 2.45) is 5.92 Å². The fourth-order valence-electron chi connectivity index (χ4n) is 2.41. The zero-order chi connectivity index (χ0) is 15.6. The highest BCUT2D eigenvalue weighted by atomic mass is 32.2. The molecule has 0 saturated carbocycles. The smallest absolute Gasteiger partial charge is 0.317 e. The summed E-state index contributed by atoms with van der Waals surface area (Å²) < 4.78 is 29.2. The van der Waals surface area contributed by atoms with Gasteiger partial charge in [-0.1, -0.05) is 0 Å². The van der Waals surface area contributed by atoms with Crippen molar-refractivity contribution in [3.63, 3.8) is 0 Å². The summed E-state index contributed by atoms with van der Waals surface area (Å²) >= 11 is 0. The predicted molar refractivity (Wildman–Crippen MR) is 72.3 cm³/mol.